The third-order valence-electron chi connectivity index (χ3n) is 3.52. The molecule has 0 bridgehead atoms. The summed E-state index contributed by atoms with van der Waals surface area (Å²) in [4.78, 5) is 16.1. The van der Waals surface area contributed by atoms with Crippen molar-refractivity contribution in [3.05, 3.63) is 29.3 Å². The van der Waals surface area contributed by atoms with Gasteiger partial charge in [-0.25, -0.2) is 0 Å². The second kappa shape index (κ2) is 6.40. The van der Waals surface area contributed by atoms with Crippen LogP contribution < -0.4 is 4.74 Å². The van der Waals surface area contributed by atoms with E-state index < -0.39 is 0 Å². The van der Waals surface area contributed by atoms with Crippen LogP contribution in [0.1, 0.15) is 11.1 Å². The summed E-state index contributed by atoms with van der Waals surface area (Å²) in [7, 11) is 2.05. The summed E-state index contributed by atoms with van der Waals surface area (Å²) < 4.78 is 5.57. The van der Waals surface area contributed by atoms with Crippen molar-refractivity contribution in [1.29, 1.82) is 5.26 Å². The lowest BCUT2D eigenvalue weighted by molar-refractivity contribution is -0.134. The van der Waals surface area contributed by atoms with Crippen LogP contribution in [0.5, 0.6) is 5.75 Å². The molecule has 0 aromatic heterocycles. The molecule has 1 aromatic carbocycles. The molecule has 5 nitrogen and oxygen atoms in total. The van der Waals surface area contributed by atoms with Crippen LogP contribution in [-0.2, 0) is 4.79 Å². The van der Waals surface area contributed by atoms with Gasteiger partial charge in [-0.05, 0) is 31.7 Å². The second-order valence-electron chi connectivity index (χ2n) is 5.06. The molecule has 0 atom stereocenters. The molecule has 5 heteroatoms. The minimum atomic E-state index is -0.000129. The summed E-state index contributed by atoms with van der Waals surface area (Å²) >= 11 is 0. The number of hydrogen-bond acceptors (Lipinski definition) is 4. The number of amides is 1. The molecule has 1 fully saturated rings. The zero-order valence-corrected chi connectivity index (χ0v) is 11.9. The van der Waals surface area contributed by atoms with Crippen LogP contribution in [0.25, 0.3) is 0 Å². The van der Waals surface area contributed by atoms with Gasteiger partial charge in [0, 0.05) is 26.2 Å². The molecule has 1 heterocycles. The van der Waals surface area contributed by atoms with E-state index >= 15 is 0 Å². The normalized spacial score (nSPS) is 15.8. The van der Waals surface area contributed by atoms with Gasteiger partial charge in [0.15, 0.2) is 6.61 Å². The SMILES string of the molecule is Cc1ccc(C#N)cc1OCC(=O)N1CCN(C)CC1. The Balaban J connectivity index is 1.92. The highest BCUT2D eigenvalue weighted by atomic mass is 16.5. The van der Waals surface area contributed by atoms with Crippen molar-refractivity contribution in [3.63, 3.8) is 0 Å². The number of carbonyl (C=O) groups excluding carboxylic acids is 1. The van der Waals surface area contributed by atoms with Crippen LogP contribution in [-0.4, -0.2) is 55.5 Å². The highest BCUT2D eigenvalue weighted by Crippen LogP contribution is 2.19. The van der Waals surface area contributed by atoms with Gasteiger partial charge in [0.1, 0.15) is 5.75 Å². The Morgan fingerprint density at radius 1 is 1.35 bits per heavy atom. The number of hydrogen-bond donors (Lipinski definition) is 0. The fraction of sp³-hybridized carbons (Fsp3) is 0.467. The number of benzene rings is 1. The smallest absolute Gasteiger partial charge is 0.260 e. The Kier molecular flexibility index (Phi) is 4.59. The predicted molar refractivity (Wildman–Crippen MR) is 75.5 cm³/mol. The van der Waals surface area contributed by atoms with Crippen molar-refractivity contribution < 1.29 is 9.53 Å². The topological polar surface area (TPSA) is 56.6 Å². The van der Waals surface area contributed by atoms with E-state index in [4.69, 9.17) is 10.00 Å². The number of rotatable bonds is 3. The van der Waals surface area contributed by atoms with Crippen molar-refractivity contribution in [1.82, 2.24) is 9.80 Å². The number of carbonyl (C=O) groups is 1. The number of nitriles is 1. The number of piperazine rings is 1. The van der Waals surface area contributed by atoms with E-state index in [2.05, 4.69) is 18.0 Å². The van der Waals surface area contributed by atoms with Gasteiger partial charge in [0.2, 0.25) is 0 Å². The predicted octanol–water partition coefficient (Wildman–Crippen LogP) is 1.02. The molecule has 2 rings (SSSR count). The van der Waals surface area contributed by atoms with Crippen molar-refractivity contribution in [2.24, 2.45) is 0 Å². The van der Waals surface area contributed by atoms with Crippen molar-refractivity contribution in [2.45, 2.75) is 6.92 Å². The fourth-order valence-electron chi connectivity index (χ4n) is 2.11. The van der Waals surface area contributed by atoms with E-state index in [-0.39, 0.29) is 12.5 Å². The first-order valence-corrected chi connectivity index (χ1v) is 6.70. The molecule has 1 saturated heterocycles. The molecule has 0 saturated carbocycles. The molecule has 1 aliphatic rings. The Bertz CT molecular complexity index is 528. The molecule has 106 valence electrons. The van der Waals surface area contributed by atoms with Crippen molar-refractivity contribution in [2.75, 3.05) is 39.8 Å². The van der Waals surface area contributed by atoms with E-state index in [0.29, 0.717) is 11.3 Å². The number of nitrogens with zero attached hydrogens (tertiary/aromatic N) is 3. The second-order valence-corrected chi connectivity index (χ2v) is 5.06. The Hall–Kier alpha value is -2.06. The van der Waals surface area contributed by atoms with Crippen LogP contribution >= 0.6 is 0 Å². The third kappa shape index (κ3) is 3.49. The quantitative estimate of drug-likeness (QED) is 0.825. The molecular weight excluding hydrogens is 254 g/mol. The molecule has 1 aromatic rings. The fourth-order valence-corrected chi connectivity index (χ4v) is 2.11. The van der Waals surface area contributed by atoms with Crippen LogP contribution in [0.3, 0.4) is 0 Å². The minimum absolute atomic E-state index is 0.000129. The van der Waals surface area contributed by atoms with Gasteiger partial charge < -0.3 is 14.5 Å². The van der Waals surface area contributed by atoms with E-state index in [9.17, 15) is 4.79 Å². The number of aryl methyl sites for hydroxylation is 1. The molecular formula is C15H19N3O2. The van der Waals surface area contributed by atoms with Crippen LogP contribution in [0.2, 0.25) is 0 Å². The number of likely N-dealkylation sites (N-methyl/N-ethyl adjacent to an activating group) is 1. The van der Waals surface area contributed by atoms with Crippen LogP contribution in [0, 0.1) is 18.3 Å². The first-order chi connectivity index (χ1) is 9.60. The largest absolute Gasteiger partial charge is 0.483 e. The van der Waals surface area contributed by atoms with E-state index in [1.807, 2.05) is 17.9 Å². The first kappa shape index (κ1) is 14.4. The van der Waals surface area contributed by atoms with Gasteiger partial charge in [-0.2, -0.15) is 5.26 Å². The van der Waals surface area contributed by atoms with Crippen molar-refractivity contribution >= 4 is 5.91 Å². The maximum Gasteiger partial charge on any atom is 0.260 e. The molecule has 1 aliphatic heterocycles. The zero-order valence-electron chi connectivity index (χ0n) is 11.9. The first-order valence-electron chi connectivity index (χ1n) is 6.70. The molecule has 0 radical (unpaired) electrons. The van der Waals surface area contributed by atoms with Crippen molar-refractivity contribution in [3.8, 4) is 11.8 Å². The lowest BCUT2D eigenvalue weighted by Crippen LogP contribution is -2.48. The van der Waals surface area contributed by atoms with Gasteiger partial charge in [0.05, 0.1) is 11.6 Å². The summed E-state index contributed by atoms with van der Waals surface area (Å²) in [5, 5.41) is 8.87. The highest BCUT2D eigenvalue weighted by molar-refractivity contribution is 5.78. The van der Waals surface area contributed by atoms with Gasteiger partial charge in [-0.3, -0.25) is 4.79 Å². The van der Waals surface area contributed by atoms with Gasteiger partial charge >= 0.3 is 0 Å². The Morgan fingerprint density at radius 2 is 2.05 bits per heavy atom. The standard InChI is InChI=1S/C15H19N3O2/c1-12-3-4-13(10-16)9-14(12)20-11-15(19)18-7-5-17(2)6-8-18/h3-4,9H,5-8,11H2,1-2H3. The zero-order chi connectivity index (χ0) is 14.5. The molecule has 0 unspecified atom stereocenters. The number of ether oxygens (including phenoxy) is 1. The Labute approximate surface area is 119 Å². The minimum Gasteiger partial charge on any atom is -0.483 e. The van der Waals surface area contributed by atoms with Gasteiger partial charge in [-0.15, -0.1) is 0 Å². The summed E-state index contributed by atoms with van der Waals surface area (Å²) in [5.74, 6) is 0.603. The summed E-state index contributed by atoms with van der Waals surface area (Å²) in [5.41, 5.74) is 1.47. The highest BCUT2D eigenvalue weighted by Gasteiger charge is 2.19. The van der Waals surface area contributed by atoms with E-state index in [0.717, 1.165) is 31.7 Å². The molecule has 0 aliphatic carbocycles. The summed E-state index contributed by atoms with van der Waals surface area (Å²) in [6.45, 7) is 5.21. The van der Waals surface area contributed by atoms with Gasteiger partial charge in [-0.1, -0.05) is 6.07 Å². The lowest BCUT2D eigenvalue weighted by Gasteiger charge is -2.32. The van der Waals surface area contributed by atoms with Gasteiger partial charge in [0.25, 0.3) is 5.91 Å². The summed E-state index contributed by atoms with van der Waals surface area (Å²) in [6.07, 6.45) is 0. The molecule has 0 spiro atoms. The Morgan fingerprint density at radius 3 is 2.70 bits per heavy atom. The average molecular weight is 273 g/mol. The van der Waals surface area contributed by atoms with Crippen LogP contribution in [0.4, 0.5) is 0 Å². The average Bonchev–Trinajstić information content (AvgIpc) is 2.47. The summed E-state index contributed by atoms with van der Waals surface area (Å²) in [6, 6.07) is 7.31. The van der Waals surface area contributed by atoms with Crippen LogP contribution in [0.15, 0.2) is 18.2 Å². The van der Waals surface area contributed by atoms with E-state index in [1.54, 1.807) is 12.1 Å². The monoisotopic (exact) mass is 273 g/mol. The van der Waals surface area contributed by atoms with E-state index in [1.165, 1.54) is 0 Å². The maximum atomic E-state index is 12.1. The molecule has 20 heavy (non-hydrogen) atoms. The molecule has 1 amide bonds. The lowest BCUT2D eigenvalue weighted by atomic mass is 10.1. The third-order valence-corrected chi connectivity index (χ3v) is 3.52. The molecule has 0 N–H and O–H groups in total. The maximum absolute atomic E-state index is 12.1.